The number of anilines is 1. The van der Waals surface area contributed by atoms with Crippen molar-refractivity contribution in [2.24, 2.45) is 0 Å². The summed E-state index contributed by atoms with van der Waals surface area (Å²) in [5.74, 6) is 0.452. The molecule has 0 saturated heterocycles. The van der Waals surface area contributed by atoms with Crippen LogP contribution < -0.4 is 5.32 Å². The molecule has 1 aromatic carbocycles. The van der Waals surface area contributed by atoms with E-state index < -0.39 is 0 Å². The zero-order valence-electron chi connectivity index (χ0n) is 9.83. The fraction of sp³-hybridized carbons (Fsp3) is 0. The van der Waals surface area contributed by atoms with Crippen molar-refractivity contribution in [1.82, 2.24) is 15.0 Å². The Hall–Kier alpha value is -2.34. The van der Waals surface area contributed by atoms with E-state index in [1.165, 1.54) is 0 Å². The third-order valence-corrected chi connectivity index (χ3v) is 3.27. The standard InChI is InChI=1S/C13H10N4OS/c18-13(19-9-5-7-14-8-6-9)17-12-15-10-3-1-2-4-11(10)16-12/h1-8H,(H2,15,16,17,18). The number of fused-ring (bicyclic) bond motifs is 1. The van der Waals surface area contributed by atoms with Crippen molar-refractivity contribution in [3.05, 3.63) is 48.8 Å². The number of benzene rings is 1. The summed E-state index contributed by atoms with van der Waals surface area (Å²) < 4.78 is 0. The highest BCUT2D eigenvalue weighted by molar-refractivity contribution is 8.13. The number of aromatic amines is 1. The summed E-state index contributed by atoms with van der Waals surface area (Å²) in [6.07, 6.45) is 3.30. The molecule has 0 spiro atoms. The number of carbonyl (C=O) groups is 1. The predicted molar refractivity (Wildman–Crippen MR) is 75.2 cm³/mol. The van der Waals surface area contributed by atoms with Gasteiger partial charge in [0.25, 0.3) is 5.24 Å². The molecule has 2 heterocycles. The van der Waals surface area contributed by atoms with E-state index in [2.05, 4.69) is 20.3 Å². The lowest BCUT2D eigenvalue weighted by molar-refractivity contribution is 0.269. The maximum atomic E-state index is 11.8. The highest BCUT2D eigenvalue weighted by Gasteiger charge is 2.08. The summed E-state index contributed by atoms with van der Waals surface area (Å²) in [5, 5.41) is 2.53. The van der Waals surface area contributed by atoms with Gasteiger partial charge in [-0.25, -0.2) is 4.98 Å². The molecule has 2 N–H and O–H groups in total. The Morgan fingerprint density at radius 2 is 1.95 bits per heavy atom. The third kappa shape index (κ3) is 2.74. The second kappa shape index (κ2) is 5.11. The topological polar surface area (TPSA) is 70.7 Å². The second-order valence-electron chi connectivity index (χ2n) is 3.80. The maximum Gasteiger partial charge on any atom is 0.290 e. The molecule has 0 bridgehead atoms. The SMILES string of the molecule is O=C(Nc1nc2ccccc2[nH]1)Sc1ccncc1. The van der Waals surface area contributed by atoms with E-state index in [-0.39, 0.29) is 5.24 Å². The molecule has 0 aliphatic carbocycles. The van der Waals surface area contributed by atoms with Gasteiger partial charge in [-0.2, -0.15) is 0 Å². The van der Waals surface area contributed by atoms with Crippen LogP contribution in [0.3, 0.4) is 0 Å². The number of thioether (sulfide) groups is 1. The number of pyridine rings is 1. The minimum Gasteiger partial charge on any atom is -0.324 e. The Labute approximate surface area is 113 Å². The van der Waals surface area contributed by atoms with Crippen LogP contribution in [0, 0.1) is 0 Å². The fourth-order valence-corrected chi connectivity index (χ4v) is 2.27. The Morgan fingerprint density at radius 3 is 2.74 bits per heavy atom. The first-order chi connectivity index (χ1) is 9.31. The number of carbonyl (C=O) groups excluding carboxylic acids is 1. The number of para-hydroxylation sites is 2. The minimum absolute atomic E-state index is 0.190. The van der Waals surface area contributed by atoms with Crippen molar-refractivity contribution in [2.45, 2.75) is 4.90 Å². The average Bonchev–Trinajstić information content (AvgIpc) is 2.81. The van der Waals surface area contributed by atoms with Gasteiger partial charge in [-0.05, 0) is 36.0 Å². The predicted octanol–water partition coefficient (Wildman–Crippen LogP) is 3.28. The van der Waals surface area contributed by atoms with Gasteiger partial charge in [-0.3, -0.25) is 15.1 Å². The smallest absolute Gasteiger partial charge is 0.290 e. The number of amides is 1. The van der Waals surface area contributed by atoms with Crippen LogP contribution in [0.2, 0.25) is 0 Å². The molecule has 0 atom stereocenters. The number of rotatable bonds is 2. The van der Waals surface area contributed by atoms with Crippen LogP contribution in [-0.4, -0.2) is 20.2 Å². The van der Waals surface area contributed by atoms with Crippen molar-refractivity contribution < 1.29 is 4.79 Å². The number of imidazole rings is 1. The number of hydrogen-bond donors (Lipinski definition) is 2. The van der Waals surface area contributed by atoms with Gasteiger partial charge in [-0.15, -0.1) is 0 Å². The molecule has 1 amide bonds. The molecule has 0 aliphatic heterocycles. The molecule has 0 radical (unpaired) electrons. The molecule has 94 valence electrons. The number of H-pyrrole nitrogens is 1. The van der Waals surface area contributed by atoms with Gasteiger partial charge in [-0.1, -0.05) is 12.1 Å². The quantitative estimate of drug-likeness (QED) is 0.701. The van der Waals surface area contributed by atoms with Crippen LogP contribution in [0.25, 0.3) is 11.0 Å². The van der Waals surface area contributed by atoms with Crippen molar-refractivity contribution in [3.63, 3.8) is 0 Å². The third-order valence-electron chi connectivity index (χ3n) is 2.47. The molecule has 0 fully saturated rings. The zero-order chi connectivity index (χ0) is 13.1. The summed E-state index contributed by atoms with van der Waals surface area (Å²) in [4.78, 5) is 23.9. The number of nitrogens with zero attached hydrogens (tertiary/aromatic N) is 2. The molecule has 0 aliphatic rings. The van der Waals surface area contributed by atoms with Gasteiger partial charge in [0.05, 0.1) is 11.0 Å². The molecule has 0 unspecified atom stereocenters. The number of nitrogens with one attached hydrogen (secondary N) is 2. The average molecular weight is 270 g/mol. The molecule has 5 nitrogen and oxygen atoms in total. The lowest BCUT2D eigenvalue weighted by atomic mass is 10.3. The fourth-order valence-electron chi connectivity index (χ4n) is 1.65. The molecule has 3 aromatic rings. The monoisotopic (exact) mass is 270 g/mol. The van der Waals surface area contributed by atoms with Crippen molar-refractivity contribution in [2.75, 3.05) is 5.32 Å². The van der Waals surface area contributed by atoms with Crippen molar-refractivity contribution in [1.29, 1.82) is 0 Å². The van der Waals surface area contributed by atoms with E-state index in [0.29, 0.717) is 5.95 Å². The number of hydrogen-bond acceptors (Lipinski definition) is 4. The van der Waals surface area contributed by atoms with Gasteiger partial charge < -0.3 is 4.98 Å². The maximum absolute atomic E-state index is 11.8. The second-order valence-corrected chi connectivity index (χ2v) is 4.85. The van der Waals surface area contributed by atoms with Gasteiger partial charge in [0, 0.05) is 17.3 Å². The zero-order valence-corrected chi connectivity index (χ0v) is 10.6. The molecule has 6 heteroatoms. The Balaban J connectivity index is 1.72. The van der Waals surface area contributed by atoms with E-state index in [4.69, 9.17) is 0 Å². The summed E-state index contributed by atoms with van der Waals surface area (Å²) in [6.45, 7) is 0. The van der Waals surface area contributed by atoms with Gasteiger partial charge in [0.1, 0.15) is 0 Å². The summed E-state index contributed by atoms with van der Waals surface area (Å²) in [5.41, 5.74) is 1.72. The number of aromatic nitrogens is 3. The first kappa shape index (κ1) is 11.7. The van der Waals surface area contributed by atoms with Crippen LogP contribution in [0.4, 0.5) is 10.7 Å². The van der Waals surface area contributed by atoms with Gasteiger partial charge >= 0.3 is 0 Å². The van der Waals surface area contributed by atoms with Crippen LogP contribution in [0.15, 0.2) is 53.7 Å². The highest BCUT2D eigenvalue weighted by atomic mass is 32.2. The summed E-state index contributed by atoms with van der Waals surface area (Å²) in [6, 6.07) is 11.2. The summed E-state index contributed by atoms with van der Waals surface area (Å²) in [7, 11) is 0. The van der Waals surface area contributed by atoms with E-state index in [9.17, 15) is 4.79 Å². The van der Waals surface area contributed by atoms with E-state index in [1.54, 1.807) is 24.5 Å². The summed E-state index contributed by atoms with van der Waals surface area (Å²) >= 11 is 1.10. The molecule has 2 aromatic heterocycles. The molecular formula is C13H10N4OS. The van der Waals surface area contributed by atoms with Gasteiger partial charge in [0.2, 0.25) is 5.95 Å². The van der Waals surface area contributed by atoms with Crippen LogP contribution in [-0.2, 0) is 0 Å². The molecular weight excluding hydrogens is 260 g/mol. The van der Waals surface area contributed by atoms with E-state index in [0.717, 1.165) is 27.7 Å². The first-order valence-corrected chi connectivity index (χ1v) is 6.46. The molecule has 19 heavy (non-hydrogen) atoms. The van der Waals surface area contributed by atoms with Crippen LogP contribution in [0.1, 0.15) is 0 Å². The van der Waals surface area contributed by atoms with Crippen molar-refractivity contribution >= 4 is 34.0 Å². The van der Waals surface area contributed by atoms with Crippen molar-refractivity contribution in [3.8, 4) is 0 Å². The normalized spacial score (nSPS) is 10.5. The highest BCUT2D eigenvalue weighted by Crippen LogP contribution is 2.20. The Morgan fingerprint density at radius 1 is 1.16 bits per heavy atom. The van der Waals surface area contributed by atoms with Gasteiger partial charge in [0.15, 0.2) is 0 Å². The van der Waals surface area contributed by atoms with E-state index in [1.807, 2.05) is 24.3 Å². The lowest BCUT2D eigenvalue weighted by Gasteiger charge is -2.00. The molecule has 3 rings (SSSR count). The largest absolute Gasteiger partial charge is 0.324 e. The Bertz CT molecular complexity index is 678. The van der Waals surface area contributed by atoms with E-state index >= 15 is 0 Å². The Kier molecular flexibility index (Phi) is 3.16. The van der Waals surface area contributed by atoms with Crippen LogP contribution >= 0.6 is 11.8 Å². The lowest BCUT2D eigenvalue weighted by Crippen LogP contribution is -2.05. The molecule has 0 saturated carbocycles. The van der Waals surface area contributed by atoms with Crippen LogP contribution in [0.5, 0.6) is 0 Å². The minimum atomic E-state index is -0.190. The first-order valence-electron chi connectivity index (χ1n) is 5.65.